The van der Waals surface area contributed by atoms with E-state index in [1.54, 1.807) is 6.92 Å². The topological polar surface area (TPSA) is 87.7 Å². The van der Waals surface area contributed by atoms with Gasteiger partial charge in [0.15, 0.2) is 5.75 Å². The molecule has 0 fully saturated rings. The third-order valence-corrected chi connectivity index (χ3v) is 4.23. The second kappa shape index (κ2) is 4.87. The molecular formula is C16H17FN2O4. The van der Waals surface area contributed by atoms with Crippen molar-refractivity contribution in [2.75, 3.05) is 12.4 Å². The Labute approximate surface area is 131 Å². The molecule has 2 aromatic rings. The highest BCUT2D eigenvalue weighted by atomic mass is 19.1. The third kappa shape index (κ3) is 2.08. The lowest BCUT2D eigenvalue weighted by Crippen LogP contribution is -2.34. The van der Waals surface area contributed by atoms with Crippen molar-refractivity contribution in [3.8, 4) is 5.75 Å². The molecule has 2 aromatic carbocycles. The van der Waals surface area contributed by atoms with Gasteiger partial charge in [0.25, 0.3) is 10.9 Å². The molecule has 3 N–H and O–H groups in total. The summed E-state index contributed by atoms with van der Waals surface area (Å²) >= 11 is 0. The van der Waals surface area contributed by atoms with Gasteiger partial charge in [-0.2, -0.15) is 0 Å². The summed E-state index contributed by atoms with van der Waals surface area (Å²) < 4.78 is 19.3. The molecule has 0 saturated carbocycles. The number of halogens is 1. The van der Waals surface area contributed by atoms with E-state index in [0.717, 1.165) is 5.56 Å². The highest BCUT2D eigenvalue weighted by molar-refractivity contribution is 5.74. The van der Waals surface area contributed by atoms with E-state index in [9.17, 15) is 19.1 Å². The average Bonchev–Trinajstić information content (AvgIpc) is 2.71. The number of aliphatic hydroxyl groups excluding tert-OH is 1. The van der Waals surface area contributed by atoms with Gasteiger partial charge in [-0.3, -0.25) is 14.9 Å². The van der Waals surface area contributed by atoms with E-state index in [2.05, 4.69) is 10.6 Å². The molecule has 3 rings (SSSR count). The fourth-order valence-electron chi connectivity index (χ4n) is 3.32. The summed E-state index contributed by atoms with van der Waals surface area (Å²) in [6.07, 6.45) is -1.09. The second-order valence-electron chi connectivity index (χ2n) is 6.20. The molecule has 1 unspecified atom stereocenters. The van der Waals surface area contributed by atoms with Crippen LogP contribution in [0.4, 0.5) is 15.8 Å². The Balaban J connectivity index is 2.19. The van der Waals surface area contributed by atoms with Crippen LogP contribution in [-0.4, -0.2) is 12.2 Å². The van der Waals surface area contributed by atoms with Crippen molar-refractivity contribution in [3.63, 3.8) is 0 Å². The summed E-state index contributed by atoms with van der Waals surface area (Å²) in [4.78, 5) is 23.1. The van der Waals surface area contributed by atoms with Crippen molar-refractivity contribution >= 4 is 11.4 Å². The van der Waals surface area contributed by atoms with Gasteiger partial charge in [-0.15, -0.1) is 0 Å². The van der Waals surface area contributed by atoms with E-state index in [1.807, 2.05) is 13.8 Å². The number of aliphatic hydroxyl groups is 1. The Bertz CT molecular complexity index is 881. The van der Waals surface area contributed by atoms with Crippen molar-refractivity contribution in [3.05, 3.63) is 49.0 Å². The van der Waals surface area contributed by atoms with Crippen LogP contribution in [0.2, 0.25) is 0 Å². The van der Waals surface area contributed by atoms with Gasteiger partial charge in [-0.25, -0.2) is 4.39 Å². The molecule has 0 aromatic heterocycles. The van der Waals surface area contributed by atoms with Crippen LogP contribution in [0.15, 0.2) is 15.7 Å². The molecule has 122 valence electrons. The first kappa shape index (κ1) is 15.6. The number of hydrogen-bond acceptors (Lipinski definition) is 6. The molecule has 0 bridgehead atoms. The first-order chi connectivity index (χ1) is 10.7. The predicted molar refractivity (Wildman–Crippen MR) is 83.4 cm³/mol. The number of anilines is 2. The maximum absolute atomic E-state index is 14.4. The van der Waals surface area contributed by atoms with Gasteiger partial charge < -0.3 is 15.2 Å². The summed E-state index contributed by atoms with van der Waals surface area (Å²) in [5.41, 5.74) is -0.418. The van der Waals surface area contributed by atoms with Crippen molar-refractivity contribution in [1.29, 1.82) is 0 Å². The van der Waals surface area contributed by atoms with E-state index >= 15 is 0 Å². The number of nitrogens with one attached hydrogen (secondary N) is 2. The molecule has 6 nitrogen and oxygen atoms in total. The van der Waals surface area contributed by atoms with Crippen LogP contribution in [0.1, 0.15) is 36.8 Å². The highest BCUT2D eigenvalue weighted by Crippen LogP contribution is 2.44. The van der Waals surface area contributed by atoms with Crippen LogP contribution >= 0.6 is 0 Å². The van der Waals surface area contributed by atoms with Gasteiger partial charge in [0, 0.05) is 11.1 Å². The van der Waals surface area contributed by atoms with E-state index in [0.29, 0.717) is 11.1 Å². The second-order valence-corrected chi connectivity index (χ2v) is 6.20. The molecule has 7 heteroatoms. The number of rotatable bonds is 3. The predicted octanol–water partition coefficient (Wildman–Crippen LogP) is 1.31. The smallest absolute Gasteiger partial charge is 0.272 e. The van der Waals surface area contributed by atoms with Crippen molar-refractivity contribution < 1.29 is 14.2 Å². The molecule has 0 saturated heterocycles. The zero-order valence-electron chi connectivity index (χ0n) is 13.2. The maximum Gasteiger partial charge on any atom is 0.272 e. The van der Waals surface area contributed by atoms with Crippen molar-refractivity contribution in [1.82, 2.24) is 5.32 Å². The minimum absolute atomic E-state index is 0.0263. The zero-order valence-corrected chi connectivity index (χ0v) is 13.2. The van der Waals surface area contributed by atoms with Crippen LogP contribution in [0.5, 0.6) is 5.75 Å². The maximum atomic E-state index is 14.4. The van der Waals surface area contributed by atoms with Gasteiger partial charge in [0.2, 0.25) is 0 Å². The Morgan fingerprint density at radius 2 is 1.96 bits per heavy atom. The number of methoxy groups -OCH3 is 1. The lowest BCUT2D eigenvalue weighted by molar-refractivity contribution is 0.125. The average molecular weight is 320 g/mol. The zero-order chi connectivity index (χ0) is 17.1. The lowest BCUT2D eigenvalue weighted by atomic mass is 9.89. The molecular weight excluding hydrogens is 303 g/mol. The number of benzene rings is 1. The Morgan fingerprint density at radius 3 is 2.57 bits per heavy atom. The number of fused-ring (bicyclic) bond motifs is 1. The Morgan fingerprint density at radius 1 is 1.30 bits per heavy atom. The molecule has 0 radical (unpaired) electrons. The van der Waals surface area contributed by atoms with Crippen LogP contribution in [-0.2, 0) is 5.54 Å². The molecule has 1 aliphatic heterocycles. The molecule has 1 atom stereocenters. The lowest BCUT2D eigenvalue weighted by Gasteiger charge is -2.22. The van der Waals surface area contributed by atoms with Crippen LogP contribution in [0, 0.1) is 12.7 Å². The largest absolute Gasteiger partial charge is 0.491 e. The minimum atomic E-state index is -1.09. The molecule has 0 aliphatic carbocycles. The van der Waals surface area contributed by atoms with Gasteiger partial charge in [0.1, 0.15) is 17.7 Å². The monoisotopic (exact) mass is 320 g/mol. The van der Waals surface area contributed by atoms with E-state index in [4.69, 9.17) is 4.74 Å². The summed E-state index contributed by atoms with van der Waals surface area (Å²) in [5.74, 6) is -0.752. The standard InChI is InChI=1S/C16H17FN2O4/c1-6-5-7(17)10(8-9(6)16(2,3)19-15(8)22)18-11-12(20)13(21)14(11)23-4/h5,15,18-19,22H,1-4H3. The van der Waals surface area contributed by atoms with Gasteiger partial charge >= 0.3 is 0 Å². The third-order valence-electron chi connectivity index (χ3n) is 4.23. The van der Waals surface area contributed by atoms with Crippen LogP contribution in [0.3, 0.4) is 0 Å². The van der Waals surface area contributed by atoms with Gasteiger partial charge in [-0.1, -0.05) is 0 Å². The molecule has 0 spiro atoms. The molecule has 1 heterocycles. The minimum Gasteiger partial charge on any atom is -0.491 e. The fraction of sp³-hybridized carbons (Fsp3) is 0.375. The van der Waals surface area contributed by atoms with Gasteiger partial charge in [-0.05, 0) is 38.0 Å². The number of ether oxygens (including phenoxy) is 1. The van der Waals surface area contributed by atoms with Crippen molar-refractivity contribution in [2.24, 2.45) is 0 Å². The highest BCUT2D eigenvalue weighted by Gasteiger charge is 2.40. The molecule has 23 heavy (non-hydrogen) atoms. The SMILES string of the molecule is COc1c(Nc2c(F)cc(C)c3c2C(O)NC3(C)C)c(=O)c1=O. The summed E-state index contributed by atoms with van der Waals surface area (Å²) in [7, 11) is 1.26. The van der Waals surface area contributed by atoms with E-state index < -0.39 is 28.4 Å². The number of aryl methyl sites for hydroxylation is 1. The fourth-order valence-corrected chi connectivity index (χ4v) is 3.32. The number of hydrogen-bond donors (Lipinski definition) is 3. The first-order valence-electron chi connectivity index (χ1n) is 7.12. The van der Waals surface area contributed by atoms with Crippen LogP contribution < -0.4 is 26.2 Å². The van der Waals surface area contributed by atoms with E-state index in [1.165, 1.54) is 13.2 Å². The quantitative estimate of drug-likeness (QED) is 0.739. The summed E-state index contributed by atoms with van der Waals surface area (Å²) in [6.45, 7) is 5.49. The Hall–Kier alpha value is -2.25. The van der Waals surface area contributed by atoms with E-state index in [-0.39, 0.29) is 17.1 Å². The first-order valence-corrected chi connectivity index (χ1v) is 7.12. The molecule has 1 aliphatic rings. The summed E-state index contributed by atoms with van der Waals surface area (Å²) in [5, 5.41) is 15.9. The van der Waals surface area contributed by atoms with Gasteiger partial charge in [0.05, 0.1) is 12.8 Å². The van der Waals surface area contributed by atoms with Crippen molar-refractivity contribution in [2.45, 2.75) is 32.5 Å². The van der Waals surface area contributed by atoms with Crippen LogP contribution in [0.25, 0.3) is 0 Å². The summed E-state index contributed by atoms with van der Waals surface area (Å²) in [6, 6.07) is 1.33. The molecule has 0 amide bonds. The Kier molecular flexibility index (Phi) is 3.31. The normalized spacial score (nSPS) is 19.0.